The Morgan fingerprint density at radius 2 is 1.94 bits per heavy atom. The Hall–Kier alpha value is -0.610. The minimum absolute atomic E-state index is 0.146. The van der Waals surface area contributed by atoms with Crippen LogP contribution in [0.2, 0.25) is 0 Å². The molecule has 0 unspecified atom stereocenters. The van der Waals surface area contributed by atoms with E-state index in [0.717, 1.165) is 57.5 Å². The second-order valence-electron chi connectivity index (χ2n) is 6.06. The van der Waals surface area contributed by atoms with Crippen molar-refractivity contribution < 1.29 is 9.90 Å². The van der Waals surface area contributed by atoms with Crippen LogP contribution >= 0.6 is 0 Å². The number of aliphatic hydroxyl groups is 1. The van der Waals surface area contributed by atoms with Gasteiger partial charge in [-0.15, -0.1) is 0 Å². The molecule has 1 aliphatic heterocycles. The average Bonchev–Trinajstić information content (AvgIpc) is 2.92. The summed E-state index contributed by atoms with van der Waals surface area (Å²) >= 11 is 0. The molecule has 2 aliphatic rings. The number of carbonyl (C=O) groups is 1. The van der Waals surface area contributed by atoms with Crippen LogP contribution in [0.1, 0.15) is 45.4 Å². The maximum atomic E-state index is 12.0. The number of nitrogens with one attached hydrogen (secondary N) is 1. The highest BCUT2D eigenvalue weighted by atomic mass is 16.3. The molecule has 0 bridgehead atoms. The van der Waals surface area contributed by atoms with Crippen molar-refractivity contribution >= 4 is 5.91 Å². The van der Waals surface area contributed by atoms with Crippen LogP contribution in [0.15, 0.2) is 0 Å². The standard InChI is InChI=1S/C14H26N2O2/c1-12-4-6-14(11-17,7-5-12)15-10-13(18)16-8-2-3-9-16/h12,15,17H,2-11H2,1H3. The molecule has 104 valence electrons. The zero-order chi connectivity index (χ0) is 13.0. The lowest BCUT2D eigenvalue weighted by Crippen LogP contribution is -2.53. The summed E-state index contributed by atoms with van der Waals surface area (Å²) in [7, 11) is 0. The maximum Gasteiger partial charge on any atom is 0.236 e. The molecule has 0 atom stereocenters. The Morgan fingerprint density at radius 1 is 1.33 bits per heavy atom. The van der Waals surface area contributed by atoms with Gasteiger partial charge in [-0.2, -0.15) is 0 Å². The number of amides is 1. The predicted molar refractivity (Wildman–Crippen MR) is 71.3 cm³/mol. The number of likely N-dealkylation sites (tertiary alicyclic amines) is 1. The number of hydrogen-bond donors (Lipinski definition) is 2. The van der Waals surface area contributed by atoms with Crippen molar-refractivity contribution in [3.63, 3.8) is 0 Å². The monoisotopic (exact) mass is 254 g/mol. The summed E-state index contributed by atoms with van der Waals surface area (Å²) in [6.45, 7) is 4.60. The van der Waals surface area contributed by atoms with E-state index in [1.165, 1.54) is 0 Å². The molecule has 2 N–H and O–H groups in total. The molecule has 1 aliphatic carbocycles. The number of hydrogen-bond acceptors (Lipinski definition) is 3. The molecule has 2 rings (SSSR count). The molecular weight excluding hydrogens is 228 g/mol. The van der Waals surface area contributed by atoms with E-state index < -0.39 is 0 Å². The highest BCUT2D eigenvalue weighted by Crippen LogP contribution is 2.31. The first kappa shape index (κ1) is 13.8. The first-order valence-electron chi connectivity index (χ1n) is 7.29. The van der Waals surface area contributed by atoms with Crippen LogP contribution in [-0.2, 0) is 4.79 Å². The van der Waals surface area contributed by atoms with Crippen LogP contribution in [0.3, 0.4) is 0 Å². The molecule has 1 saturated carbocycles. The zero-order valence-electron chi connectivity index (χ0n) is 11.5. The van der Waals surface area contributed by atoms with E-state index in [-0.39, 0.29) is 18.1 Å². The second-order valence-corrected chi connectivity index (χ2v) is 6.06. The number of carbonyl (C=O) groups excluding carboxylic acids is 1. The molecule has 0 aromatic carbocycles. The summed E-state index contributed by atoms with van der Waals surface area (Å²) in [6.07, 6.45) is 6.52. The van der Waals surface area contributed by atoms with Crippen LogP contribution in [-0.4, -0.2) is 47.7 Å². The van der Waals surface area contributed by atoms with Gasteiger partial charge in [0, 0.05) is 18.6 Å². The molecule has 1 amide bonds. The van der Waals surface area contributed by atoms with Crippen molar-refractivity contribution in [2.24, 2.45) is 5.92 Å². The highest BCUT2D eigenvalue weighted by Gasteiger charge is 2.34. The van der Waals surface area contributed by atoms with Gasteiger partial charge in [0.2, 0.25) is 5.91 Å². The van der Waals surface area contributed by atoms with Crippen molar-refractivity contribution in [1.29, 1.82) is 0 Å². The molecule has 18 heavy (non-hydrogen) atoms. The number of nitrogens with zero attached hydrogens (tertiary/aromatic N) is 1. The Labute approximate surface area is 110 Å². The van der Waals surface area contributed by atoms with Gasteiger partial charge in [-0.3, -0.25) is 4.79 Å². The van der Waals surface area contributed by atoms with Crippen molar-refractivity contribution in [2.45, 2.75) is 51.0 Å². The second kappa shape index (κ2) is 6.02. The highest BCUT2D eigenvalue weighted by molar-refractivity contribution is 5.78. The lowest BCUT2D eigenvalue weighted by atomic mass is 9.77. The van der Waals surface area contributed by atoms with Crippen LogP contribution in [0, 0.1) is 5.92 Å². The van der Waals surface area contributed by atoms with Gasteiger partial charge in [0.05, 0.1) is 13.2 Å². The summed E-state index contributed by atoms with van der Waals surface area (Å²) in [4.78, 5) is 13.9. The van der Waals surface area contributed by atoms with Gasteiger partial charge in [0.15, 0.2) is 0 Å². The molecular formula is C14H26N2O2. The summed E-state index contributed by atoms with van der Waals surface area (Å²) in [6, 6.07) is 0. The average molecular weight is 254 g/mol. The normalized spacial score (nSPS) is 32.8. The van der Waals surface area contributed by atoms with E-state index >= 15 is 0 Å². The maximum absolute atomic E-state index is 12.0. The molecule has 0 spiro atoms. The fourth-order valence-electron chi connectivity index (χ4n) is 3.05. The minimum atomic E-state index is -0.206. The summed E-state index contributed by atoms with van der Waals surface area (Å²) in [5.41, 5.74) is -0.206. The molecule has 0 radical (unpaired) electrons. The fraction of sp³-hybridized carbons (Fsp3) is 0.929. The summed E-state index contributed by atoms with van der Waals surface area (Å²) in [5.74, 6) is 0.944. The molecule has 1 heterocycles. The third-order valence-electron chi connectivity index (χ3n) is 4.61. The van der Waals surface area contributed by atoms with E-state index in [4.69, 9.17) is 0 Å². The number of aliphatic hydroxyl groups excluding tert-OH is 1. The van der Waals surface area contributed by atoms with E-state index in [2.05, 4.69) is 12.2 Å². The van der Waals surface area contributed by atoms with Crippen molar-refractivity contribution in [3.05, 3.63) is 0 Å². The van der Waals surface area contributed by atoms with Gasteiger partial charge in [-0.1, -0.05) is 6.92 Å². The van der Waals surface area contributed by atoms with Gasteiger partial charge < -0.3 is 15.3 Å². The Bertz CT molecular complexity index is 280. The first-order valence-corrected chi connectivity index (χ1v) is 7.29. The van der Waals surface area contributed by atoms with Crippen LogP contribution < -0.4 is 5.32 Å². The SMILES string of the molecule is CC1CCC(CO)(NCC(=O)N2CCCC2)CC1. The minimum Gasteiger partial charge on any atom is -0.394 e. The van der Waals surface area contributed by atoms with Gasteiger partial charge in [0.25, 0.3) is 0 Å². The lowest BCUT2D eigenvalue weighted by molar-refractivity contribution is -0.129. The van der Waals surface area contributed by atoms with Crippen molar-refractivity contribution in [1.82, 2.24) is 10.2 Å². The molecule has 4 heteroatoms. The number of rotatable bonds is 4. The molecule has 0 aromatic heterocycles. The van der Waals surface area contributed by atoms with E-state index in [0.29, 0.717) is 6.54 Å². The van der Waals surface area contributed by atoms with Crippen molar-refractivity contribution in [2.75, 3.05) is 26.2 Å². The van der Waals surface area contributed by atoms with Gasteiger partial charge in [0.1, 0.15) is 0 Å². The third-order valence-corrected chi connectivity index (χ3v) is 4.61. The van der Waals surface area contributed by atoms with Gasteiger partial charge in [-0.05, 0) is 44.4 Å². The summed E-state index contributed by atoms with van der Waals surface area (Å²) in [5, 5.41) is 13.0. The third kappa shape index (κ3) is 3.23. The largest absolute Gasteiger partial charge is 0.394 e. The molecule has 4 nitrogen and oxygen atoms in total. The topological polar surface area (TPSA) is 52.6 Å². The molecule has 0 aromatic rings. The fourth-order valence-corrected chi connectivity index (χ4v) is 3.05. The quantitative estimate of drug-likeness (QED) is 0.791. The zero-order valence-corrected chi connectivity index (χ0v) is 11.5. The van der Waals surface area contributed by atoms with Crippen LogP contribution in [0.25, 0.3) is 0 Å². The Morgan fingerprint density at radius 3 is 2.50 bits per heavy atom. The lowest BCUT2D eigenvalue weighted by Gasteiger charge is -2.39. The molecule has 1 saturated heterocycles. The predicted octanol–water partition coefficient (Wildman–Crippen LogP) is 1.14. The first-order chi connectivity index (χ1) is 8.65. The summed E-state index contributed by atoms with van der Waals surface area (Å²) < 4.78 is 0. The molecule has 2 fully saturated rings. The van der Waals surface area contributed by atoms with Crippen LogP contribution in [0.4, 0.5) is 0 Å². The van der Waals surface area contributed by atoms with Gasteiger partial charge in [-0.25, -0.2) is 0 Å². The van der Waals surface area contributed by atoms with E-state index in [9.17, 15) is 9.90 Å². The Kier molecular flexibility index (Phi) is 4.62. The van der Waals surface area contributed by atoms with E-state index in [1.54, 1.807) is 0 Å². The smallest absolute Gasteiger partial charge is 0.236 e. The Balaban J connectivity index is 1.81. The van der Waals surface area contributed by atoms with E-state index in [1.807, 2.05) is 4.90 Å². The van der Waals surface area contributed by atoms with Gasteiger partial charge >= 0.3 is 0 Å². The van der Waals surface area contributed by atoms with Crippen LogP contribution in [0.5, 0.6) is 0 Å². The van der Waals surface area contributed by atoms with Crippen molar-refractivity contribution in [3.8, 4) is 0 Å².